The number of aromatic hydroxyl groups is 1. The van der Waals surface area contributed by atoms with Gasteiger partial charge >= 0.3 is 0 Å². The fourth-order valence-electron chi connectivity index (χ4n) is 0.827. The number of hydrazone groups is 2. The van der Waals surface area contributed by atoms with E-state index in [1.54, 1.807) is 24.3 Å². The molecule has 0 fully saturated rings. The van der Waals surface area contributed by atoms with Gasteiger partial charge in [0.1, 0.15) is 5.75 Å². The van der Waals surface area contributed by atoms with Crippen molar-refractivity contribution in [3.8, 4) is 5.75 Å². The number of nitrogens with one attached hydrogen (secondary N) is 2. The molecule has 7 heteroatoms. The summed E-state index contributed by atoms with van der Waals surface area (Å²) in [6, 6.07) is 6.52. The van der Waals surface area contributed by atoms with Gasteiger partial charge in [0.25, 0.3) is 0 Å². The molecule has 1 aromatic rings. The van der Waals surface area contributed by atoms with Gasteiger partial charge in [0.2, 0.25) is 5.96 Å². The minimum absolute atomic E-state index is 0.144. The lowest BCUT2D eigenvalue weighted by atomic mass is 10.2. The van der Waals surface area contributed by atoms with Crippen LogP contribution in [0.5, 0.6) is 5.75 Å². The molecule has 15 heavy (non-hydrogen) atoms. The maximum absolute atomic E-state index is 9.02. The van der Waals surface area contributed by atoms with Crippen LogP contribution in [-0.2, 0) is 0 Å². The lowest BCUT2D eigenvalue weighted by Crippen LogP contribution is -2.39. The second-order valence-corrected chi connectivity index (χ2v) is 2.58. The molecule has 0 aliphatic carbocycles. The minimum Gasteiger partial charge on any atom is -0.508 e. The van der Waals surface area contributed by atoms with Gasteiger partial charge in [0.15, 0.2) is 0 Å². The number of guanidine groups is 1. The van der Waals surface area contributed by atoms with Gasteiger partial charge in [0, 0.05) is 0 Å². The molecule has 1 rings (SSSR count). The highest BCUT2D eigenvalue weighted by Crippen LogP contribution is 2.07. The summed E-state index contributed by atoms with van der Waals surface area (Å²) >= 11 is 0. The normalized spacial score (nSPS) is 11.7. The van der Waals surface area contributed by atoms with E-state index in [0.717, 1.165) is 5.56 Å². The van der Waals surface area contributed by atoms with Crippen molar-refractivity contribution in [2.24, 2.45) is 21.9 Å². The molecule has 0 aromatic heterocycles. The van der Waals surface area contributed by atoms with Crippen LogP contribution < -0.4 is 22.5 Å². The molecule has 80 valence electrons. The Kier molecular flexibility index (Phi) is 3.92. The van der Waals surface area contributed by atoms with Crippen LogP contribution in [0.3, 0.4) is 0 Å². The van der Waals surface area contributed by atoms with Gasteiger partial charge < -0.3 is 10.9 Å². The molecule has 0 heterocycles. The summed E-state index contributed by atoms with van der Waals surface area (Å²) in [5.74, 6) is 10.4. The van der Waals surface area contributed by atoms with E-state index in [4.69, 9.17) is 16.8 Å². The first-order valence-electron chi connectivity index (χ1n) is 4.09. The Morgan fingerprint density at radius 3 is 2.53 bits per heavy atom. The summed E-state index contributed by atoms with van der Waals surface area (Å²) in [6.45, 7) is 0. The summed E-state index contributed by atoms with van der Waals surface area (Å²) in [4.78, 5) is 0. The molecule has 0 spiro atoms. The number of hydrazine groups is 1. The minimum atomic E-state index is 0.144. The zero-order valence-electron chi connectivity index (χ0n) is 7.88. The number of hydrogen-bond donors (Lipinski definition) is 5. The number of hydrogen-bond acceptors (Lipinski definition) is 5. The summed E-state index contributed by atoms with van der Waals surface area (Å²) < 4.78 is 0. The van der Waals surface area contributed by atoms with Crippen molar-refractivity contribution in [2.75, 3.05) is 0 Å². The molecule has 0 bridgehead atoms. The van der Waals surface area contributed by atoms with Crippen molar-refractivity contribution in [3.63, 3.8) is 0 Å². The second kappa shape index (κ2) is 5.45. The average Bonchev–Trinajstić information content (AvgIpc) is 2.27. The molecule has 0 aliphatic rings. The molecular formula is C8H12N6O. The first-order chi connectivity index (χ1) is 7.26. The summed E-state index contributed by atoms with van der Waals surface area (Å²) in [5, 5.41) is 16.1. The van der Waals surface area contributed by atoms with E-state index in [2.05, 4.69) is 21.1 Å². The largest absolute Gasteiger partial charge is 0.508 e. The van der Waals surface area contributed by atoms with Gasteiger partial charge in [-0.1, -0.05) is 0 Å². The topological polar surface area (TPSA) is 121 Å². The smallest absolute Gasteiger partial charge is 0.248 e. The third-order valence-corrected chi connectivity index (χ3v) is 1.54. The molecule has 7 N–H and O–H groups in total. The van der Waals surface area contributed by atoms with Crippen LogP contribution in [-0.4, -0.2) is 17.3 Å². The lowest BCUT2D eigenvalue weighted by Gasteiger charge is -2.00. The van der Waals surface area contributed by atoms with Crippen molar-refractivity contribution >= 4 is 12.2 Å². The molecule has 0 unspecified atom stereocenters. The monoisotopic (exact) mass is 208 g/mol. The van der Waals surface area contributed by atoms with Crippen LogP contribution >= 0.6 is 0 Å². The average molecular weight is 208 g/mol. The number of phenols is 1. The number of nitrogens with two attached hydrogens (primary N) is 2. The molecule has 0 saturated carbocycles. The van der Waals surface area contributed by atoms with E-state index in [0.29, 0.717) is 0 Å². The Bertz CT molecular complexity index is 358. The maximum Gasteiger partial charge on any atom is 0.248 e. The molecule has 0 atom stereocenters. The zero-order valence-corrected chi connectivity index (χ0v) is 7.88. The van der Waals surface area contributed by atoms with E-state index < -0.39 is 0 Å². The second-order valence-electron chi connectivity index (χ2n) is 2.58. The highest BCUT2D eigenvalue weighted by atomic mass is 16.3. The SMILES string of the molecule is N/N=C(\NN)N/N=C/c1ccc(O)cc1. The van der Waals surface area contributed by atoms with Crippen LogP contribution in [0.2, 0.25) is 0 Å². The van der Waals surface area contributed by atoms with Gasteiger partial charge in [0.05, 0.1) is 6.21 Å². The van der Waals surface area contributed by atoms with E-state index in [-0.39, 0.29) is 11.7 Å². The molecule has 0 aliphatic heterocycles. The first kappa shape index (κ1) is 10.8. The van der Waals surface area contributed by atoms with Crippen molar-refractivity contribution < 1.29 is 5.11 Å². The van der Waals surface area contributed by atoms with E-state index in [1.807, 2.05) is 0 Å². The molecule has 0 radical (unpaired) electrons. The highest BCUT2D eigenvalue weighted by Gasteiger charge is 1.90. The molecule has 1 aromatic carbocycles. The maximum atomic E-state index is 9.02. The summed E-state index contributed by atoms with van der Waals surface area (Å²) in [5.41, 5.74) is 5.50. The predicted octanol–water partition coefficient (Wildman–Crippen LogP) is -0.991. The fraction of sp³-hybridized carbons (Fsp3) is 0. The molecule has 7 nitrogen and oxygen atoms in total. The standard InChI is InChI=1S/C8H12N6O/c9-12-8(13-10)14-11-5-6-1-3-7(15)4-2-6/h1-5,15H,9-10H2,(H2,12,13,14)/b11-5+. The van der Waals surface area contributed by atoms with Gasteiger partial charge in [-0.15, -0.1) is 5.10 Å². The van der Waals surface area contributed by atoms with Gasteiger partial charge in [-0.2, -0.15) is 5.10 Å². The molecule has 0 saturated heterocycles. The molecule has 0 amide bonds. The van der Waals surface area contributed by atoms with Gasteiger partial charge in [-0.3, -0.25) is 5.43 Å². The Morgan fingerprint density at radius 1 is 1.33 bits per heavy atom. The Hall–Kier alpha value is -2.28. The Balaban J connectivity index is 2.55. The van der Waals surface area contributed by atoms with Crippen LogP contribution in [0.1, 0.15) is 5.56 Å². The van der Waals surface area contributed by atoms with Crippen molar-refractivity contribution in [2.45, 2.75) is 0 Å². The fourth-order valence-corrected chi connectivity index (χ4v) is 0.827. The van der Waals surface area contributed by atoms with E-state index in [1.165, 1.54) is 6.21 Å². The van der Waals surface area contributed by atoms with Crippen molar-refractivity contribution in [1.29, 1.82) is 0 Å². The van der Waals surface area contributed by atoms with Crippen LogP contribution in [0.4, 0.5) is 0 Å². The quantitative estimate of drug-likeness (QED) is 0.185. The van der Waals surface area contributed by atoms with Crippen LogP contribution in [0.25, 0.3) is 0 Å². The van der Waals surface area contributed by atoms with Crippen molar-refractivity contribution in [1.82, 2.24) is 10.9 Å². The van der Waals surface area contributed by atoms with Crippen LogP contribution in [0, 0.1) is 0 Å². The summed E-state index contributed by atoms with van der Waals surface area (Å²) in [6.07, 6.45) is 1.53. The summed E-state index contributed by atoms with van der Waals surface area (Å²) in [7, 11) is 0. The van der Waals surface area contributed by atoms with Gasteiger partial charge in [-0.25, -0.2) is 11.3 Å². The van der Waals surface area contributed by atoms with Crippen molar-refractivity contribution in [3.05, 3.63) is 29.8 Å². The third-order valence-electron chi connectivity index (χ3n) is 1.54. The lowest BCUT2D eigenvalue weighted by molar-refractivity contribution is 0.475. The van der Waals surface area contributed by atoms with E-state index >= 15 is 0 Å². The van der Waals surface area contributed by atoms with Crippen LogP contribution in [0.15, 0.2) is 34.5 Å². The van der Waals surface area contributed by atoms with E-state index in [9.17, 15) is 0 Å². The number of phenolic OH excluding ortho intramolecular Hbond substituents is 1. The number of rotatable bonds is 2. The zero-order chi connectivity index (χ0) is 11.1. The molecular weight excluding hydrogens is 196 g/mol. The number of benzene rings is 1. The van der Waals surface area contributed by atoms with Gasteiger partial charge in [-0.05, 0) is 29.8 Å². The Labute approximate surface area is 86.4 Å². The third kappa shape index (κ3) is 3.53. The number of nitrogens with zero attached hydrogens (tertiary/aromatic N) is 2. The highest BCUT2D eigenvalue weighted by molar-refractivity contribution is 5.83. The first-order valence-corrected chi connectivity index (χ1v) is 4.09. The predicted molar refractivity (Wildman–Crippen MR) is 57.8 cm³/mol. The Morgan fingerprint density at radius 2 is 2.00 bits per heavy atom.